The number of ether oxygens (including phenoxy) is 1. The molecule has 174 valence electrons. The van der Waals surface area contributed by atoms with E-state index in [4.69, 9.17) is 4.74 Å². The number of aryl methyl sites for hydroxylation is 2. The fourth-order valence-electron chi connectivity index (χ4n) is 3.27. The number of benzene rings is 3. The van der Waals surface area contributed by atoms with Gasteiger partial charge < -0.3 is 15.4 Å². The summed E-state index contributed by atoms with van der Waals surface area (Å²) in [5, 5.41) is 6.44. The SMILES string of the molecule is COc1ccccc1S(=O)(=O)Nc1ccc(Nc2nc(C)cc(Nc3ccc(C)cc3)n2)cc1. The molecule has 4 aromatic rings. The summed E-state index contributed by atoms with van der Waals surface area (Å²) in [6.45, 7) is 3.93. The summed E-state index contributed by atoms with van der Waals surface area (Å²) in [6.07, 6.45) is 0. The zero-order chi connectivity index (χ0) is 24.1. The van der Waals surface area contributed by atoms with Crippen LogP contribution in [0.2, 0.25) is 0 Å². The van der Waals surface area contributed by atoms with Crippen LogP contribution >= 0.6 is 0 Å². The van der Waals surface area contributed by atoms with Crippen molar-refractivity contribution in [3.05, 3.63) is 90.1 Å². The van der Waals surface area contributed by atoms with Crippen LogP contribution in [0.5, 0.6) is 5.75 Å². The van der Waals surface area contributed by atoms with Crippen LogP contribution in [0.1, 0.15) is 11.3 Å². The molecule has 9 heteroatoms. The van der Waals surface area contributed by atoms with Gasteiger partial charge in [-0.2, -0.15) is 4.98 Å². The highest BCUT2D eigenvalue weighted by molar-refractivity contribution is 7.92. The molecular formula is C25H25N5O3S. The molecule has 3 N–H and O–H groups in total. The number of hydrogen-bond donors (Lipinski definition) is 3. The number of anilines is 5. The summed E-state index contributed by atoms with van der Waals surface area (Å²) in [5.41, 5.74) is 4.05. The Balaban J connectivity index is 1.47. The van der Waals surface area contributed by atoms with Gasteiger partial charge in [0.1, 0.15) is 16.5 Å². The molecule has 3 aromatic carbocycles. The largest absolute Gasteiger partial charge is 0.495 e. The van der Waals surface area contributed by atoms with Gasteiger partial charge >= 0.3 is 0 Å². The van der Waals surface area contributed by atoms with E-state index in [1.165, 1.54) is 18.7 Å². The van der Waals surface area contributed by atoms with Crippen LogP contribution in [0.25, 0.3) is 0 Å². The maximum absolute atomic E-state index is 12.8. The molecule has 0 unspecified atom stereocenters. The Kier molecular flexibility index (Phi) is 6.65. The van der Waals surface area contributed by atoms with Crippen LogP contribution in [0.4, 0.5) is 28.8 Å². The maximum Gasteiger partial charge on any atom is 0.265 e. The minimum absolute atomic E-state index is 0.0708. The molecule has 8 nitrogen and oxygen atoms in total. The Bertz CT molecular complexity index is 1390. The Morgan fingerprint density at radius 1 is 0.765 bits per heavy atom. The number of sulfonamides is 1. The second-order valence-electron chi connectivity index (χ2n) is 7.67. The molecular weight excluding hydrogens is 450 g/mol. The molecule has 0 radical (unpaired) electrons. The van der Waals surface area contributed by atoms with E-state index in [1.54, 1.807) is 42.5 Å². The first kappa shape index (κ1) is 23.1. The summed E-state index contributed by atoms with van der Waals surface area (Å²) in [5.74, 6) is 1.37. The first-order valence-electron chi connectivity index (χ1n) is 10.5. The highest BCUT2D eigenvalue weighted by Gasteiger charge is 2.19. The average molecular weight is 476 g/mol. The van der Waals surface area contributed by atoms with Crippen LogP contribution in [0.15, 0.2) is 83.8 Å². The minimum Gasteiger partial charge on any atom is -0.495 e. The van der Waals surface area contributed by atoms with Gasteiger partial charge in [0.05, 0.1) is 7.11 Å². The quantitative estimate of drug-likeness (QED) is 0.314. The second kappa shape index (κ2) is 9.80. The summed E-state index contributed by atoms with van der Waals surface area (Å²) in [6, 6.07) is 23.2. The topological polar surface area (TPSA) is 105 Å². The molecule has 0 aliphatic carbocycles. The van der Waals surface area contributed by atoms with Crippen molar-refractivity contribution in [1.29, 1.82) is 0 Å². The summed E-state index contributed by atoms with van der Waals surface area (Å²) in [4.78, 5) is 9.04. The number of nitrogens with zero attached hydrogens (tertiary/aromatic N) is 2. The van der Waals surface area contributed by atoms with Crippen molar-refractivity contribution in [3.63, 3.8) is 0 Å². The molecule has 0 amide bonds. The van der Waals surface area contributed by atoms with Crippen molar-refractivity contribution in [2.75, 3.05) is 22.5 Å². The number of rotatable bonds is 8. The lowest BCUT2D eigenvalue weighted by atomic mass is 10.2. The number of methoxy groups -OCH3 is 1. The van der Waals surface area contributed by atoms with Gasteiger partial charge in [-0.25, -0.2) is 13.4 Å². The van der Waals surface area contributed by atoms with E-state index >= 15 is 0 Å². The fraction of sp³-hybridized carbons (Fsp3) is 0.120. The molecule has 0 aliphatic rings. The van der Waals surface area contributed by atoms with Crippen molar-refractivity contribution in [2.45, 2.75) is 18.7 Å². The van der Waals surface area contributed by atoms with Gasteiger partial charge in [-0.05, 0) is 62.4 Å². The molecule has 0 aliphatic heterocycles. The molecule has 0 bridgehead atoms. The van der Waals surface area contributed by atoms with E-state index < -0.39 is 10.0 Å². The minimum atomic E-state index is -3.80. The second-order valence-corrected chi connectivity index (χ2v) is 9.32. The molecule has 0 saturated carbocycles. The normalized spacial score (nSPS) is 11.0. The molecule has 0 spiro atoms. The number of nitrogens with one attached hydrogen (secondary N) is 3. The highest BCUT2D eigenvalue weighted by Crippen LogP contribution is 2.26. The fourth-order valence-corrected chi connectivity index (χ4v) is 4.51. The van der Waals surface area contributed by atoms with E-state index in [9.17, 15) is 8.42 Å². The van der Waals surface area contributed by atoms with Gasteiger partial charge in [0.25, 0.3) is 10.0 Å². The van der Waals surface area contributed by atoms with E-state index in [-0.39, 0.29) is 10.6 Å². The van der Waals surface area contributed by atoms with E-state index in [0.717, 1.165) is 11.4 Å². The summed E-state index contributed by atoms with van der Waals surface area (Å²) in [7, 11) is -2.37. The summed E-state index contributed by atoms with van der Waals surface area (Å²) < 4.78 is 33.3. The van der Waals surface area contributed by atoms with E-state index in [0.29, 0.717) is 23.1 Å². The zero-order valence-electron chi connectivity index (χ0n) is 19.0. The van der Waals surface area contributed by atoms with Crippen molar-refractivity contribution in [2.24, 2.45) is 0 Å². The molecule has 1 aromatic heterocycles. The molecule has 34 heavy (non-hydrogen) atoms. The van der Waals surface area contributed by atoms with Gasteiger partial charge in [-0.15, -0.1) is 0 Å². The van der Waals surface area contributed by atoms with Crippen molar-refractivity contribution < 1.29 is 13.2 Å². The smallest absolute Gasteiger partial charge is 0.265 e. The van der Waals surface area contributed by atoms with Crippen LogP contribution in [-0.2, 0) is 10.0 Å². The Morgan fingerprint density at radius 2 is 1.38 bits per heavy atom. The van der Waals surface area contributed by atoms with Crippen LogP contribution in [0.3, 0.4) is 0 Å². The molecule has 0 atom stereocenters. The van der Waals surface area contributed by atoms with Gasteiger partial charge in [-0.1, -0.05) is 29.8 Å². The molecule has 4 rings (SSSR count). The van der Waals surface area contributed by atoms with Gasteiger partial charge in [0, 0.05) is 28.8 Å². The van der Waals surface area contributed by atoms with Crippen molar-refractivity contribution in [1.82, 2.24) is 9.97 Å². The Labute approximate surface area is 199 Å². The third-order valence-corrected chi connectivity index (χ3v) is 6.35. The first-order chi connectivity index (χ1) is 16.3. The van der Waals surface area contributed by atoms with Gasteiger partial charge in [0.2, 0.25) is 5.95 Å². The Hall–Kier alpha value is -4.11. The predicted molar refractivity (Wildman–Crippen MR) is 135 cm³/mol. The van der Waals surface area contributed by atoms with E-state index in [1.807, 2.05) is 44.2 Å². The number of aromatic nitrogens is 2. The molecule has 1 heterocycles. The van der Waals surface area contributed by atoms with Crippen molar-refractivity contribution >= 4 is 38.9 Å². The number of hydrogen-bond acceptors (Lipinski definition) is 7. The lowest BCUT2D eigenvalue weighted by Crippen LogP contribution is -2.14. The van der Waals surface area contributed by atoms with Crippen LogP contribution < -0.4 is 20.1 Å². The third kappa shape index (κ3) is 5.62. The van der Waals surface area contributed by atoms with Gasteiger partial charge in [-0.3, -0.25) is 4.72 Å². The summed E-state index contributed by atoms with van der Waals surface area (Å²) >= 11 is 0. The van der Waals surface area contributed by atoms with E-state index in [2.05, 4.69) is 25.3 Å². The molecule has 0 fully saturated rings. The lowest BCUT2D eigenvalue weighted by Gasteiger charge is -2.12. The molecule has 0 saturated heterocycles. The third-order valence-electron chi connectivity index (χ3n) is 4.93. The zero-order valence-corrected chi connectivity index (χ0v) is 19.8. The Morgan fingerprint density at radius 3 is 2.09 bits per heavy atom. The average Bonchev–Trinajstić information content (AvgIpc) is 2.81. The number of para-hydroxylation sites is 1. The van der Waals surface area contributed by atoms with Crippen LogP contribution in [-0.4, -0.2) is 25.5 Å². The van der Waals surface area contributed by atoms with Crippen LogP contribution in [0, 0.1) is 13.8 Å². The standard InChI is InChI=1S/C25H25N5O3S/c1-17-8-10-19(11-9-17)27-24-16-18(2)26-25(29-24)28-20-12-14-21(15-13-20)30-34(31,32)23-7-5-4-6-22(23)33-3/h4-16,30H,1-3H3,(H2,26,27,28,29). The highest BCUT2D eigenvalue weighted by atomic mass is 32.2. The monoisotopic (exact) mass is 475 g/mol. The predicted octanol–water partition coefficient (Wildman–Crippen LogP) is 5.39. The maximum atomic E-state index is 12.8. The van der Waals surface area contributed by atoms with Crippen molar-refractivity contribution in [3.8, 4) is 5.75 Å². The lowest BCUT2D eigenvalue weighted by molar-refractivity contribution is 0.403. The first-order valence-corrected chi connectivity index (χ1v) is 12.0. The van der Waals surface area contributed by atoms with Gasteiger partial charge in [0.15, 0.2) is 0 Å².